The first-order chi connectivity index (χ1) is 9.88. The van der Waals surface area contributed by atoms with E-state index in [1.807, 2.05) is 0 Å². The summed E-state index contributed by atoms with van der Waals surface area (Å²) in [6, 6.07) is 7.90. The summed E-state index contributed by atoms with van der Waals surface area (Å²) in [5.41, 5.74) is 0.161. The summed E-state index contributed by atoms with van der Waals surface area (Å²) in [4.78, 5) is 23.9. The largest absolute Gasteiger partial charge is 0.478 e. The molecule has 0 amide bonds. The minimum absolute atomic E-state index is 0.293. The van der Waals surface area contributed by atoms with E-state index in [0.717, 1.165) is 3.79 Å². The van der Waals surface area contributed by atoms with Gasteiger partial charge in [0, 0.05) is 0 Å². The Bertz CT molecular complexity index is 752. The van der Waals surface area contributed by atoms with Gasteiger partial charge in [-0.05, 0) is 51.8 Å². The van der Waals surface area contributed by atoms with Gasteiger partial charge in [0.05, 0.1) is 18.7 Å². The van der Waals surface area contributed by atoms with Crippen LogP contribution in [0.1, 0.15) is 15.2 Å². The third-order valence-corrected chi connectivity index (χ3v) is 4.89. The van der Waals surface area contributed by atoms with Crippen LogP contribution in [0.4, 0.5) is 0 Å². The number of halogens is 3. The maximum absolute atomic E-state index is 12.2. The lowest BCUT2D eigenvalue weighted by atomic mass is 10.1. The quantitative estimate of drug-likeness (QED) is 0.330. The molecule has 0 unspecified atom stereocenters. The fraction of sp³-hybridized carbons (Fsp3) is 0. The van der Waals surface area contributed by atoms with Crippen LogP contribution in [0.15, 0.2) is 39.7 Å². The summed E-state index contributed by atoms with van der Waals surface area (Å²) in [7, 11) is 0. The molecule has 0 aliphatic rings. The van der Waals surface area contributed by atoms with Gasteiger partial charge in [0.2, 0.25) is 5.78 Å². The Balaban J connectivity index is 2.43. The minimum Gasteiger partial charge on any atom is -0.478 e. The van der Waals surface area contributed by atoms with Crippen LogP contribution in [0.2, 0.25) is 10.0 Å². The van der Waals surface area contributed by atoms with Crippen LogP contribution in [-0.4, -0.2) is 16.9 Å². The number of carboxylic acid groups (broad SMARTS) is 1. The first-order valence-electron chi connectivity index (χ1n) is 5.58. The Kier molecular flexibility index (Phi) is 5.22. The molecule has 0 atom stereocenters. The van der Waals surface area contributed by atoms with Crippen molar-refractivity contribution in [1.82, 2.24) is 0 Å². The maximum Gasteiger partial charge on any atom is 0.339 e. The number of ketones is 1. The third kappa shape index (κ3) is 3.95. The summed E-state index contributed by atoms with van der Waals surface area (Å²) in [6.45, 7) is 0. The molecule has 1 N–H and O–H groups in total. The van der Waals surface area contributed by atoms with Gasteiger partial charge in [0.1, 0.15) is 5.57 Å². The molecule has 21 heavy (non-hydrogen) atoms. The van der Waals surface area contributed by atoms with Crippen LogP contribution in [0.3, 0.4) is 0 Å². The molecular formula is C14H7BrCl2O3S. The van der Waals surface area contributed by atoms with Gasteiger partial charge in [-0.1, -0.05) is 29.3 Å². The van der Waals surface area contributed by atoms with Crippen LogP contribution >= 0.6 is 50.5 Å². The second-order valence-electron chi connectivity index (χ2n) is 3.97. The molecule has 108 valence electrons. The van der Waals surface area contributed by atoms with Crippen molar-refractivity contribution < 1.29 is 14.7 Å². The topological polar surface area (TPSA) is 54.4 Å². The summed E-state index contributed by atoms with van der Waals surface area (Å²) >= 11 is 16.1. The second-order valence-corrected chi connectivity index (χ2v) is 7.25. The van der Waals surface area contributed by atoms with E-state index < -0.39 is 11.8 Å². The van der Waals surface area contributed by atoms with Gasteiger partial charge in [0.15, 0.2) is 0 Å². The lowest BCUT2D eigenvalue weighted by Crippen LogP contribution is -2.11. The molecule has 7 heteroatoms. The van der Waals surface area contributed by atoms with Crippen molar-refractivity contribution in [3.8, 4) is 0 Å². The van der Waals surface area contributed by atoms with Gasteiger partial charge < -0.3 is 5.11 Å². The van der Waals surface area contributed by atoms with Gasteiger partial charge in [-0.15, -0.1) is 11.3 Å². The Morgan fingerprint density at radius 1 is 1.14 bits per heavy atom. The molecule has 1 aromatic carbocycles. The zero-order chi connectivity index (χ0) is 15.6. The van der Waals surface area contributed by atoms with E-state index in [-0.39, 0.29) is 5.57 Å². The maximum atomic E-state index is 12.2. The molecule has 0 saturated heterocycles. The highest BCUT2D eigenvalue weighted by Gasteiger charge is 2.20. The van der Waals surface area contributed by atoms with Crippen molar-refractivity contribution in [3.05, 3.63) is 60.2 Å². The molecule has 2 aromatic rings. The second kappa shape index (κ2) is 6.75. The minimum atomic E-state index is -1.30. The molecule has 2 rings (SSSR count). The lowest BCUT2D eigenvalue weighted by molar-refractivity contribution is -0.132. The van der Waals surface area contributed by atoms with Crippen LogP contribution in [0.5, 0.6) is 0 Å². The fourth-order valence-electron chi connectivity index (χ4n) is 1.56. The molecule has 0 aliphatic carbocycles. The number of hydrogen-bond donors (Lipinski definition) is 1. The molecular weight excluding hydrogens is 399 g/mol. The highest BCUT2D eigenvalue weighted by Crippen LogP contribution is 2.27. The van der Waals surface area contributed by atoms with Gasteiger partial charge >= 0.3 is 5.97 Å². The Morgan fingerprint density at radius 2 is 1.86 bits per heavy atom. The molecule has 0 aliphatic heterocycles. The predicted molar refractivity (Wildman–Crippen MR) is 88.4 cm³/mol. The van der Waals surface area contributed by atoms with Crippen molar-refractivity contribution in [2.45, 2.75) is 0 Å². The number of carbonyl (C=O) groups is 2. The highest BCUT2D eigenvalue weighted by molar-refractivity contribution is 9.11. The average molecular weight is 406 g/mol. The highest BCUT2D eigenvalue weighted by atomic mass is 79.9. The van der Waals surface area contributed by atoms with Crippen LogP contribution < -0.4 is 0 Å². The number of rotatable bonds is 4. The van der Waals surface area contributed by atoms with E-state index in [4.69, 9.17) is 23.2 Å². The molecule has 0 spiro atoms. The Labute approximate surface area is 142 Å². The molecule has 3 nitrogen and oxygen atoms in total. The van der Waals surface area contributed by atoms with Crippen molar-refractivity contribution in [2.24, 2.45) is 0 Å². The third-order valence-electron chi connectivity index (χ3n) is 2.53. The standard InChI is InChI=1S/C14H7BrCl2O3S/c15-12-4-3-11(21-12)13(18)8(14(19)20)5-7-1-2-9(16)10(17)6-7/h1-6H,(H,19,20). The van der Waals surface area contributed by atoms with E-state index in [1.54, 1.807) is 24.3 Å². The number of carboxylic acids is 1. The van der Waals surface area contributed by atoms with Crippen molar-refractivity contribution >= 4 is 68.3 Å². The van der Waals surface area contributed by atoms with Crippen molar-refractivity contribution in [1.29, 1.82) is 0 Å². The number of carbonyl (C=O) groups excluding carboxylic acids is 1. The van der Waals surface area contributed by atoms with E-state index in [9.17, 15) is 14.7 Å². The molecule has 1 heterocycles. The van der Waals surface area contributed by atoms with Crippen molar-refractivity contribution in [2.75, 3.05) is 0 Å². The molecule has 0 bridgehead atoms. The molecule has 0 saturated carbocycles. The summed E-state index contributed by atoms with van der Waals surface area (Å²) in [6.07, 6.45) is 1.28. The summed E-state index contributed by atoms with van der Waals surface area (Å²) in [5.74, 6) is -1.85. The number of thiophene rings is 1. The Morgan fingerprint density at radius 3 is 2.38 bits per heavy atom. The number of benzene rings is 1. The van der Waals surface area contributed by atoms with E-state index >= 15 is 0 Å². The van der Waals surface area contributed by atoms with Gasteiger partial charge in [-0.3, -0.25) is 4.79 Å². The Hall–Kier alpha value is -1.14. The van der Waals surface area contributed by atoms with Crippen molar-refractivity contribution in [3.63, 3.8) is 0 Å². The molecule has 0 radical (unpaired) electrons. The first kappa shape index (κ1) is 16.2. The average Bonchev–Trinajstić information content (AvgIpc) is 2.85. The van der Waals surface area contributed by atoms with Crippen LogP contribution in [-0.2, 0) is 4.79 Å². The summed E-state index contributed by atoms with van der Waals surface area (Å²) in [5, 5.41) is 9.90. The monoisotopic (exact) mass is 404 g/mol. The van der Waals surface area contributed by atoms with Crippen LogP contribution in [0.25, 0.3) is 6.08 Å². The zero-order valence-corrected chi connectivity index (χ0v) is 14.2. The normalized spacial score (nSPS) is 11.5. The number of Topliss-reactive ketones (excluding diaryl/α,β-unsaturated/α-hetero) is 1. The number of aliphatic carboxylic acids is 1. The fourth-order valence-corrected chi connectivity index (χ4v) is 3.21. The predicted octanol–water partition coefficient (Wildman–Crippen LogP) is 5.17. The van der Waals surface area contributed by atoms with E-state index in [2.05, 4.69) is 15.9 Å². The molecule has 1 aromatic heterocycles. The van der Waals surface area contributed by atoms with Gasteiger partial charge in [0.25, 0.3) is 0 Å². The molecule has 0 fully saturated rings. The number of hydrogen-bond acceptors (Lipinski definition) is 3. The van der Waals surface area contributed by atoms with E-state index in [1.165, 1.54) is 23.5 Å². The smallest absolute Gasteiger partial charge is 0.339 e. The summed E-state index contributed by atoms with van der Waals surface area (Å²) < 4.78 is 0.755. The van der Waals surface area contributed by atoms with E-state index in [0.29, 0.717) is 20.5 Å². The van der Waals surface area contributed by atoms with Crippen LogP contribution in [0, 0.1) is 0 Å². The SMILES string of the molecule is O=C(O)C(=Cc1ccc(Cl)c(Cl)c1)C(=O)c1ccc(Br)s1. The first-order valence-corrected chi connectivity index (χ1v) is 7.95. The zero-order valence-electron chi connectivity index (χ0n) is 10.3. The van der Waals surface area contributed by atoms with Gasteiger partial charge in [-0.2, -0.15) is 0 Å². The van der Waals surface area contributed by atoms with Gasteiger partial charge in [-0.25, -0.2) is 4.79 Å². The lowest BCUT2D eigenvalue weighted by Gasteiger charge is -2.02.